The minimum atomic E-state index is -3.54. The molecule has 1 atom stereocenters. The molecule has 0 aliphatic carbocycles. The third-order valence-corrected chi connectivity index (χ3v) is 10.2. The number of hydrogen-bond donors (Lipinski definition) is 1. The Balaban J connectivity index is 1.31. The van der Waals surface area contributed by atoms with Crippen LogP contribution in [0.5, 0.6) is 0 Å². The Morgan fingerprint density at radius 3 is 2.10 bits per heavy atom. The van der Waals surface area contributed by atoms with Gasteiger partial charge in [0.15, 0.2) is 6.20 Å². The monoisotopic (exact) mass is 685 g/mol. The van der Waals surface area contributed by atoms with Crippen molar-refractivity contribution in [1.29, 1.82) is 0 Å². The number of ether oxygens (including phenoxy) is 1. The van der Waals surface area contributed by atoms with Crippen LogP contribution in [0.2, 0.25) is 0 Å². The highest BCUT2D eigenvalue weighted by atomic mass is 32.2. The van der Waals surface area contributed by atoms with Gasteiger partial charge in [0.2, 0.25) is 15.5 Å². The molecule has 268 valence electrons. The van der Waals surface area contributed by atoms with E-state index in [9.17, 15) is 13.2 Å². The number of pyridine rings is 1. The maximum atomic E-state index is 13.2. The summed E-state index contributed by atoms with van der Waals surface area (Å²) in [5.41, 5.74) is 1.07. The fourth-order valence-electron chi connectivity index (χ4n) is 5.98. The van der Waals surface area contributed by atoms with Crippen molar-refractivity contribution in [2.24, 2.45) is 5.92 Å². The zero-order valence-corrected chi connectivity index (χ0v) is 30.8. The van der Waals surface area contributed by atoms with Crippen LogP contribution in [-0.4, -0.2) is 54.3 Å². The summed E-state index contributed by atoms with van der Waals surface area (Å²) in [6, 6.07) is 12.0. The number of nitrogens with zero attached hydrogens (tertiary/aromatic N) is 5. The van der Waals surface area contributed by atoms with E-state index in [1.165, 1.54) is 86.8 Å². The summed E-state index contributed by atoms with van der Waals surface area (Å²) in [4.78, 5) is 18.8. The Morgan fingerprint density at radius 1 is 0.875 bits per heavy atom. The van der Waals surface area contributed by atoms with E-state index < -0.39 is 22.2 Å². The van der Waals surface area contributed by atoms with E-state index in [-0.39, 0.29) is 12.3 Å². The first-order valence-corrected chi connectivity index (χ1v) is 20.0. The van der Waals surface area contributed by atoms with Crippen molar-refractivity contribution < 1.29 is 22.5 Å². The molecule has 0 saturated heterocycles. The minimum absolute atomic E-state index is 0.00202. The third kappa shape index (κ3) is 15.0. The molecule has 0 aliphatic rings. The first kappa shape index (κ1) is 39.4. The molecule has 0 bridgehead atoms. The summed E-state index contributed by atoms with van der Waals surface area (Å²) >= 11 is 0. The van der Waals surface area contributed by atoms with Gasteiger partial charge in [0, 0.05) is 37.0 Å². The van der Waals surface area contributed by atoms with Crippen LogP contribution in [0.15, 0.2) is 48.9 Å². The topological polar surface area (TPSA) is 110 Å². The molecule has 0 saturated carbocycles. The van der Waals surface area contributed by atoms with Crippen LogP contribution in [-0.2, 0) is 21.3 Å². The lowest BCUT2D eigenvalue weighted by Gasteiger charge is -2.24. The van der Waals surface area contributed by atoms with Gasteiger partial charge in [-0.25, -0.2) is 22.9 Å². The van der Waals surface area contributed by atoms with Crippen LogP contribution in [0, 0.1) is 12.8 Å². The lowest BCUT2D eigenvalue weighted by atomic mass is 10.0. The predicted molar refractivity (Wildman–Crippen MR) is 194 cm³/mol. The summed E-state index contributed by atoms with van der Waals surface area (Å²) in [7, 11) is -3.54. The number of sulfonamides is 1. The number of benzene rings is 1. The van der Waals surface area contributed by atoms with Crippen molar-refractivity contribution in [3.05, 3.63) is 54.7 Å². The molecular formula is C37H61N6O4S+. The molecule has 2 aromatic heterocycles. The number of rotatable bonds is 25. The van der Waals surface area contributed by atoms with Crippen molar-refractivity contribution in [1.82, 2.24) is 19.6 Å². The van der Waals surface area contributed by atoms with Gasteiger partial charge in [-0.3, -0.25) is 0 Å². The molecule has 1 amide bonds. The number of aromatic nitrogens is 4. The van der Waals surface area contributed by atoms with Gasteiger partial charge in [-0.2, -0.15) is 14.4 Å². The van der Waals surface area contributed by atoms with Crippen LogP contribution in [0.3, 0.4) is 0 Å². The molecular weight excluding hydrogens is 625 g/mol. The van der Waals surface area contributed by atoms with Crippen LogP contribution in [0.1, 0.15) is 123 Å². The fraction of sp³-hybridized carbons (Fsp3) is 0.676. The molecule has 1 aromatic carbocycles. The Bertz CT molecular complexity index is 1440. The van der Waals surface area contributed by atoms with Gasteiger partial charge in [-0.1, -0.05) is 109 Å². The van der Waals surface area contributed by atoms with Gasteiger partial charge in [-0.05, 0) is 38.3 Å². The molecule has 1 N–H and O–H groups in total. The lowest BCUT2D eigenvalue weighted by Crippen LogP contribution is -2.45. The molecule has 1 unspecified atom stereocenters. The number of hydrogen-bond acceptors (Lipinski definition) is 6. The standard InChI is InChI=1S/C37H61N6O4S/c1-32(2)22-16-14-12-10-8-6-5-7-9-11-13-15-19-28-42(43-34(4)38-31-39-43)37(44)47-33(3)30-40-48(45,46)29-21-27-41-26-20-24-35-23-17-18-25-36(35)41/h17-18,20,23-26,31-33,40H,5-16,19,21-22,27-30H2,1-4H3/q+1. The van der Waals surface area contributed by atoms with Crippen molar-refractivity contribution in [2.75, 3.05) is 23.9 Å². The molecule has 48 heavy (non-hydrogen) atoms. The van der Waals surface area contributed by atoms with E-state index in [2.05, 4.69) is 33.2 Å². The Morgan fingerprint density at radius 2 is 1.48 bits per heavy atom. The number of amides is 1. The first-order valence-electron chi connectivity index (χ1n) is 18.4. The van der Waals surface area contributed by atoms with Crippen molar-refractivity contribution in [3.63, 3.8) is 0 Å². The normalized spacial score (nSPS) is 12.5. The van der Waals surface area contributed by atoms with Gasteiger partial charge in [0.25, 0.3) is 0 Å². The van der Waals surface area contributed by atoms with Crippen molar-refractivity contribution in [2.45, 2.75) is 137 Å². The number of fused-ring (bicyclic) bond motifs is 1. The van der Waals surface area contributed by atoms with Crippen LogP contribution >= 0.6 is 0 Å². The van der Waals surface area contributed by atoms with Crippen LogP contribution in [0.4, 0.5) is 4.79 Å². The van der Waals surface area contributed by atoms with Crippen LogP contribution < -0.4 is 14.3 Å². The fourth-order valence-corrected chi connectivity index (χ4v) is 7.13. The maximum absolute atomic E-state index is 13.2. The average molecular weight is 686 g/mol. The summed E-state index contributed by atoms with van der Waals surface area (Å²) in [6.07, 6.45) is 20.3. The second-order valence-corrected chi connectivity index (χ2v) is 15.5. The van der Waals surface area contributed by atoms with E-state index in [1.54, 1.807) is 13.8 Å². The molecule has 0 fully saturated rings. The Labute approximate surface area is 289 Å². The molecule has 2 heterocycles. The van der Waals surface area contributed by atoms with E-state index in [4.69, 9.17) is 4.74 Å². The number of aryl methyl sites for hydroxylation is 2. The zero-order chi connectivity index (χ0) is 34.6. The molecule has 0 radical (unpaired) electrons. The SMILES string of the molecule is Cc1ncnn1N(CCCCCCCCCCCCCCCC(C)C)C(=O)OC(C)CNS(=O)(=O)CCC[n+]1cccc2ccccc21. The van der Waals surface area contributed by atoms with E-state index >= 15 is 0 Å². The van der Waals surface area contributed by atoms with Gasteiger partial charge < -0.3 is 4.74 Å². The molecule has 3 aromatic rings. The second kappa shape index (κ2) is 21.8. The summed E-state index contributed by atoms with van der Waals surface area (Å²) in [5, 5.41) is 6.78. The summed E-state index contributed by atoms with van der Waals surface area (Å²) < 4.78 is 35.8. The van der Waals surface area contributed by atoms with E-state index in [0.29, 0.717) is 25.3 Å². The summed E-state index contributed by atoms with van der Waals surface area (Å²) in [6.45, 7) is 9.11. The number of unbranched alkanes of at least 4 members (excludes halogenated alkanes) is 12. The highest BCUT2D eigenvalue weighted by molar-refractivity contribution is 7.89. The molecule has 0 aliphatic heterocycles. The van der Waals surface area contributed by atoms with Gasteiger partial charge in [0.1, 0.15) is 24.8 Å². The number of carbonyl (C=O) groups excluding carboxylic acids is 1. The smallest absolute Gasteiger partial charge is 0.430 e. The predicted octanol–water partition coefficient (Wildman–Crippen LogP) is 7.62. The summed E-state index contributed by atoms with van der Waals surface area (Å²) in [5.74, 6) is 1.39. The molecule has 11 heteroatoms. The first-order chi connectivity index (χ1) is 23.2. The average Bonchev–Trinajstić information content (AvgIpc) is 3.48. The Kier molecular flexibility index (Phi) is 17.9. The van der Waals surface area contributed by atoms with Gasteiger partial charge in [0.05, 0.1) is 5.75 Å². The quantitative estimate of drug-likeness (QED) is 0.0726. The molecule has 0 spiro atoms. The lowest BCUT2D eigenvalue weighted by molar-refractivity contribution is -0.671. The second-order valence-electron chi connectivity index (χ2n) is 13.6. The third-order valence-electron chi connectivity index (χ3n) is 8.78. The number of nitrogens with one attached hydrogen (secondary N) is 1. The zero-order valence-electron chi connectivity index (χ0n) is 30.0. The van der Waals surface area contributed by atoms with Crippen molar-refractivity contribution in [3.8, 4) is 0 Å². The van der Waals surface area contributed by atoms with E-state index in [0.717, 1.165) is 36.1 Å². The highest BCUT2D eigenvalue weighted by Gasteiger charge is 2.23. The highest BCUT2D eigenvalue weighted by Crippen LogP contribution is 2.15. The largest absolute Gasteiger partial charge is 0.444 e. The van der Waals surface area contributed by atoms with Crippen molar-refractivity contribution >= 4 is 27.0 Å². The Hall–Kier alpha value is -3.05. The van der Waals surface area contributed by atoms with Gasteiger partial charge in [-0.15, -0.1) is 5.10 Å². The minimum Gasteiger partial charge on any atom is -0.444 e. The van der Waals surface area contributed by atoms with Gasteiger partial charge >= 0.3 is 6.09 Å². The maximum Gasteiger partial charge on any atom is 0.430 e. The molecule has 3 rings (SSSR count). The molecule has 10 nitrogen and oxygen atoms in total. The van der Waals surface area contributed by atoms with E-state index in [1.807, 2.05) is 42.6 Å². The number of carbonyl (C=O) groups is 1. The number of para-hydroxylation sites is 1. The van der Waals surface area contributed by atoms with Crippen LogP contribution in [0.25, 0.3) is 10.9 Å².